The van der Waals surface area contributed by atoms with Gasteiger partial charge in [0.05, 0.1) is 0 Å². The van der Waals surface area contributed by atoms with Crippen LogP contribution < -0.4 is 10.2 Å². The molecule has 2 heterocycles. The van der Waals surface area contributed by atoms with Gasteiger partial charge in [-0.2, -0.15) is 0 Å². The van der Waals surface area contributed by atoms with Crippen LogP contribution in [-0.4, -0.2) is 47.7 Å². The topological polar surface area (TPSA) is 69.7 Å². The molecule has 0 aromatic heterocycles. The Bertz CT molecular complexity index is 1170. The summed E-state index contributed by atoms with van der Waals surface area (Å²) in [6.45, 7) is 10.3. The van der Waals surface area contributed by atoms with Crippen molar-refractivity contribution in [3.63, 3.8) is 0 Å². The molecule has 2 fully saturated rings. The van der Waals surface area contributed by atoms with E-state index in [-0.39, 0.29) is 35.4 Å². The molecule has 208 valence electrons. The molecule has 0 saturated carbocycles. The van der Waals surface area contributed by atoms with E-state index in [2.05, 4.69) is 48.3 Å². The van der Waals surface area contributed by atoms with E-state index in [1.54, 1.807) is 4.90 Å². The highest BCUT2D eigenvalue weighted by atomic mass is 16.2. The number of hydrogen-bond acceptors (Lipinski definition) is 4. The second-order valence-corrected chi connectivity index (χ2v) is 12.6. The van der Waals surface area contributed by atoms with Crippen LogP contribution in [0.15, 0.2) is 48.5 Å². The van der Waals surface area contributed by atoms with E-state index in [0.29, 0.717) is 12.8 Å². The zero-order valence-corrected chi connectivity index (χ0v) is 23.9. The summed E-state index contributed by atoms with van der Waals surface area (Å²) in [6.07, 6.45) is 4.77. The molecule has 0 spiro atoms. The Morgan fingerprint density at radius 3 is 2.08 bits per heavy atom. The van der Waals surface area contributed by atoms with E-state index in [9.17, 15) is 14.4 Å². The molecule has 2 saturated heterocycles. The first-order valence-corrected chi connectivity index (χ1v) is 14.8. The second kappa shape index (κ2) is 11.5. The molecule has 2 aromatic carbocycles. The van der Waals surface area contributed by atoms with Gasteiger partial charge in [-0.1, -0.05) is 64.1 Å². The maximum Gasteiger partial charge on any atom is 0.247 e. The fraction of sp³-hybridized carbons (Fsp3) is 0.545. The van der Waals surface area contributed by atoms with Gasteiger partial charge in [0.25, 0.3) is 0 Å². The minimum atomic E-state index is -0.770. The summed E-state index contributed by atoms with van der Waals surface area (Å²) < 4.78 is 0. The van der Waals surface area contributed by atoms with Gasteiger partial charge >= 0.3 is 0 Å². The number of fused-ring (bicyclic) bond motifs is 1. The van der Waals surface area contributed by atoms with Crippen LogP contribution in [0.25, 0.3) is 0 Å². The molecule has 1 N–H and O–H groups in total. The number of piperazine rings is 1. The summed E-state index contributed by atoms with van der Waals surface area (Å²) in [7, 11) is 0. The average molecular weight is 530 g/mol. The molecule has 3 aliphatic rings. The van der Waals surface area contributed by atoms with Gasteiger partial charge in [0.1, 0.15) is 18.1 Å². The van der Waals surface area contributed by atoms with Crippen molar-refractivity contribution >= 4 is 23.3 Å². The molecule has 6 heteroatoms. The number of amides is 2. The fourth-order valence-corrected chi connectivity index (χ4v) is 6.73. The van der Waals surface area contributed by atoms with E-state index in [4.69, 9.17) is 0 Å². The monoisotopic (exact) mass is 529 g/mol. The third-order valence-electron chi connectivity index (χ3n) is 8.58. The van der Waals surface area contributed by atoms with Crippen LogP contribution in [0.3, 0.4) is 0 Å². The SMILES string of the molecule is CC(C)CC(=O)[C@@H](c1ccc(N2CCCC2)cc1)N1C(=O)[C@@H](C2Cc3ccccc3C2)NC(=O)[C@H]1CC(C)C. The third kappa shape index (κ3) is 5.75. The number of hydrogen-bond donors (Lipinski definition) is 1. The van der Waals surface area contributed by atoms with Gasteiger partial charge in [-0.25, -0.2) is 0 Å². The quantitative estimate of drug-likeness (QED) is 0.491. The molecule has 1 aliphatic carbocycles. The molecule has 2 aliphatic heterocycles. The molecule has 0 unspecified atom stereocenters. The molecule has 2 amide bonds. The highest BCUT2D eigenvalue weighted by Gasteiger charge is 2.49. The van der Waals surface area contributed by atoms with Crippen LogP contribution in [0.4, 0.5) is 5.69 Å². The van der Waals surface area contributed by atoms with Gasteiger partial charge < -0.3 is 15.1 Å². The summed E-state index contributed by atoms with van der Waals surface area (Å²) in [4.78, 5) is 46.1. The number of benzene rings is 2. The number of Topliss-reactive ketones (excluding diaryl/α,β-unsaturated/α-hetero) is 1. The van der Waals surface area contributed by atoms with Crippen molar-refractivity contribution in [3.8, 4) is 0 Å². The van der Waals surface area contributed by atoms with E-state index >= 15 is 0 Å². The average Bonchev–Trinajstić information content (AvgIpc) is 3.58. The van der Waals surface area contributed by atoms with Crippen LogP contribution in [0.5, 0.6) is 0 Å². The first-order chi connectivity index (χ1) is 18.7. The van der Waals surface area contributed by atoms with Crippen molar-refractivity contribution in [2.75, 3.05) is 18.0 Å². The normalized spacial score (nSPS) is 22.5. The van der Waals surface area contributed by atoms with Crippen LogP contribution in [-0.2, 0) is 27.2 Å². The smallest absolute Gasteiger partial charge is 0.247 e. The van der Waals surface area contributed by atoms with Gasteiger partial charge in [0.15, 0.2) is 5.78 Å². The summed E-state index contributed by atoms with van der Waals surface area (Å²) in [5.41, 5.74) is 4.43. The lowest BCUT2D eigenvalue weighted by atomic mass is 9.86. The molecule has 0 bridgehead atoms. The Hall–Kier alpha value is -3.15. The van der Waals surface area contributed by atoms with Gasteiger partial charge in [0.2, 0.25) is 11.8 Å². The Morgan fingerprint density at radius 2 is 1.51 bits per heavy atom. The Balaban J connectivity index is 1.51. The van der Waals surface area contributed by atoms with Crippen molar-refractivity contribution < 1.29 is 14.4 Å². The maximum absolute atomic E-state index is 14.4. The lowest BCUT2D eigenvalue weighted by Crippen LogP contribution is -2.66. The van der Waals surface area contributed by atoms with Crippen LogP contribution in [0.1, 0.15) is 76.1 Å². The van der Waals surface area contributed by atoms with E-state index in [1.165, 1.54) is 24.0 Å². The van der Waals surface area contributed by atoms with Crippen LogP contribution in [0, 0.1) is 17.8 Å². The lowest BCUT2D eigenvalue weighted by Gasteiger charge is -2.45. The molecular weight excluding hydrogens is 486 g/mol. The molecule has 6 nitrogen and oxygen atoms in total. The highest BCUT2D eigenvalue weighted by molar-refractivity contribution is 6.00. The first kappa shape index (κ1) is 27.4. The molecule has 39 heavy (non-hydrogen) atoms. The summed E-state index contributed by atoms with van der Waals surface area (Å²) in [6, 6.07) is 14.4. The number of carbonyl (C=O) groups excluding carboxylic acids is 3. The number of rotatable bonds is 9. The van der Waals surface area contributed by atoms with Crippen LogP contribution in [0.2, 0.25) is 0 Å². The molecular formula is C33H43N3O3. The molecule has 5 rings (SSSR count). The zero-order valence-electron chi connectivity index (χ0n) is 23.9. The summed E-state index contributed by atoms with van der Waals surface area (Å²) in [5, 5.41) is 3.11. The number of nitrogens with one attached hydrogen (secondary N) is 1. The lowest BCUT2D eigenvalue weighted by molar-refractivity contribution is -0.157. The predicted molar refractivity (Wildman–Crippen MR) is 154 cm³/mol. The van der Waals surface area contributed by atoms with E-state index in [1.807, 2.05) is 38.1 Å². The van der Waals surface area contributed by atoms with Crippen molar-refractivity contribution in [1.29, 1.82) is 0 Å². The first-order valence-electron chi connectivity index (χ1n) is 14.8. The fourth-order valence-electron chi connectivity index (χ4n) is 6.73. The zero-order chi connectivity index (χ0) is 27.7. The number of nitrogens with zero attached hydrogens (tertiary/aromatic N) is 2. The van der Waals surface area contributed by atoms with Crippen molar-refractivity contribution in [1.82, 2.24) is 10.2 Å². The molecule has 3 atom stereocenters. The van der Waals surface area contributed by atoms with Gasteiger partial charge in [-0.05, 0) is 78.7 Å². The van der Waals surface area contributed by atoms with Crippen molar-refractivity contribution in [2.45, 2.75) is 84.3 Å². The third-order valence-corrected chi connectivity index (χ3v) is 8.58. The van der Waals surface area contributed by atoms with Crippen molar-refractivity contribution in [3.05, 3.63) is 65.2 Å². The van der Waals surface area contributed by atoms with Gasteiger partial charge in [-0.3, -0.25) is 14.4 Å². The van der Waals surface area contributed by atoms with E-state index < -0.39 is 18.1 Å². The Kier molecular flexibility index (Phi) is 8.11. The largest absolute Gasteiger partial charge is 0.372 e. The summed E-state index contributed by atoms with van der Waals surface area (Å²) in [5.74, 6) is 0.0796. The predicted octanol–water partition coefficient (Wildman–Crippen LogP) is 5.10. The summed E-state index contributed by atoms with van der Waals surface area (Å²) >= 11 is 0. The van der Waals surface area contributed by atoms with Crippen LogP contribution >= 0.6 is 0 Å². The molecule has 0 radical (unpaired) electrons. The molecule has 2 aromatic rings. The number of anilines is 1. The highest BCUT2D eigenvalue weighted by Crippen LogP contribution is 2.37. The maximum atomic E-state index is 14.4. The van der Waals surface area contributed by atoms with Gasteiger partial charge in [-0.15, -0.1) is 0 Å². The standard InChI is InChI=1S/C33H43N3O3/c1-21(2)17-28-32(38)34-30(26-19-24-9-5-6-10-25(24)20-26)33(39)36(28)31(29(37)18-22(3)4)23-11-13-27(14-12-23)35-15-7-8-16-35/h5-6,9-14,21-22,26,28,30-31H,7-8,15-20H2,1-4H3,(H,34,38)/t28-,30-,31-/m1/s1. The number of carbonyl (C=O) groups is 3. The minimum Gasteiger partial charge on any atom is -0.372 e. The second-order valence-electron chi connectivity index (χ2n) is 12.6. The Labute approximate surface area is 233 Å². The van der Waals surface area contributed by atoms with Gasteiger partial charge in [0, 0.05) is 25.2 Å². The van der Waals surface area contributed by atoms with Crippen molar-refractivity contribution in [2.24, 2.45) is 17.8 Å². The Morgan fingerprint density at radius 1 is 0.897 bits per heavy atom. The van der Waals surface area contributed by atoms with E-state index in [0.717, 1.165) is 37.2 Å². The minimum absolute atomic E-state index is 0.00388. The number of ketones is 1.